The molecule has 0 saturated carbocycles. The topological polar surface area (TPSA) is 164 Å². The van der Waals surface area contributed by atoms with Gasteiger partial charge in [0.15, 0.2) is 11.6 Å². The normalized spacial score (nSPS) is 24.0. The van der Waals surface area contributed by atoms with E-state index in [9.17, 15) is 23.7 Å². The van der Waals surface area contributed by atoms with Gasteiger partial charge < -0.3 is 24.8 Å². The van der Waals surface area contributed by atoms with Crippen LogP contribution in [0.25, 0.3) is 0 Å². The molecule has 3 rings (SSSR count). The van der Waals surface area contributed by atoms with Gasteiger partial charge in [-0.25, -0.2) is 13.8 Å². The van der Waals surface area contributed by atoms with Gasteiger partial charge in [0.1, 0.15) is 23.6 Å². The third-order valence-corrected chi connectivity index (χ3v) is 7.95. The number of hydrogen-bond donors (Lipinski definition) is 3. The summed E-state index contributed by atoms with van der Waals surface area (Å²) in [4.78, 5) is 28.0. The molecule has 0 amide bonds. The number of aliphatic hydroxyl groups excluding tert-OH is 1. The second kappa shape index (κ2) is 12.0. The van der Waals surface area contributed by atoms with E-state index in [1.165, 1.54) is 6.92 Å². The fourth-order valence-electron chi connectivity index (χ4n) is 3.46. The number of benzene rings is 1. The Bertz CT molecular complexity index is 1200. The van der Waals surface area contributed by atoms with Crippen molar-refractivity contribution in [3.63, 3.8) is 0 Å². The Morgan fingerprint density at radius 2 is 2.08 bits per heavy atom. The third-order valence-electron chi connectivity index (χ3n) is 5.38. The van der Waals surface area contributed by atoms with Crippen LogP contribution < -0.4 is 21.0 Å². The number of nitrogens with two attached hydrogens (primary N) is 1. The van der Waals surface area contributed by atoms with Gasteiger partial charge in [0.2, 0.25) is 0 Å². The van der Waals surface area contributed by atoms with Crippen molar-refractivity contribution < 1.29 is 37.4 Å². The number of aliphatic hydroxyl groups is 1. The molecule has 0 spiro atoms. The molecule has 4 N–H and O–H groups in total. The van der Waals surface area contributed by atoms with Gasteiger partial charge in [0, 0.05) is 11.8 Å². The van der Waals surface area contributed by atoms with Crippen molar-refractivity contribution in [1.82, 2.24) is 14.6 Å². The first-order valence-electron chi connectivity index (χ1n) is 11.3. The van der Waals surface area contributed by atoms with E-state index in [0.717, 1.165) is 10.8 Å². The van der Waals surface area contributed by atoms with Crippen LogP contribution in [0.1, 0.15) is 33.4 Å². The second-order valence-corrected chi connectivity index (χ2v) is 11.0. The number of nitrogen functional groups attached to an aromatic ring is 1. The summed E-state index contributed by atoms with van der Waals surface area (Å²) >= 11 is 3.27. The Labute approximate surface area is 221 Å². The Morgan fingerprint density at radius 3 is 2.70 bits per heavy atom. The van der Waals surface area contributed by atoms with Crippen molar-refractivity contribution in [3.05, 3.63) is 52.8 Å². The summed E-state index contributed by atoms with van der Waals surface area (Å²) in [6.45, 7) is 4.27. The number of ether oxygens (including phenoxy) is 2. The average molecular weight is 607 g/mol. The molecule has 5 atom stereocenters. The molecule has 15 heteroatoms. The summed E-state index contributed by atoms with van der Waals surface area (Å²) in [5.41, 5.74) is 2.94. The highest BCUT2D eigenvalue weighted by Gasteiger charge is 2.50. The van der Waals surface area contributed by atoms with Crippen LogP contribution in [0.15, 0.2) is 41.3 Å². The molecular weight excluding hydrogens is 578 g/mol. The molecule has 1 unspecified atom stereocenters. The summed E-state index contributed by atoms with van der Waals surface area (Å²) in [5, 5.41) is 13.4. The van der Waals surface area contributed by atoms with Crippen LogP contribution in [-0.2, 0) is 23.4 Å². The molecular formula is C22H29BrFN4O8P. The van der Waals surface area contributed by atoms with Crippen molar-refractivity contribution >= 4 is 35.5 Å². The number of esters is 1. The molecule has 0 aliphatic carbocycles. The predicted octanol–water partition coefficient (Wildman–Crippen LogP) is 2.51. The third kappa shape index (κ3) is 7.15. The van der Waals surface area contributed by atoms with Gasteiger partial charge >= 0.3 is 19.4 Å². The van der Waals surface area contributed by atoms with Gasteiger partial charge in [0.05, 0.1) is 25.0 Å². The zero-order valence-corrected chi connectivity index (χ0v) is 22.9. The molecule has 12 nitrogen and oxygen atoms in total. The van der Waals surface area contributed by atoms with Crippen molar-refractivity contribution in [1.29, 1.82) is 0 Å². The number of alkyl halides is 1. The average Bonchev–Trinajstić information content (AvgIpc) is 3.16. The van der Waals surface area contributed by atoms with E-state index in [4.69, 9.17) is 24.3 Å². The van der Waals surface area contributed by atoms with Gasteiger partial charge in [-0.2, -0.15) is 10.1 Å². The molecule has 2 aromatic rings. The SMILES string of the molecule is CC(C)OC(=O)[C@H](C)NP(=O)(OC[C@@]1(CBr)O[C@@H](n2cc(F)c(N)nc2=O)C[C@@H]1O)Oc1ccccc1. The van der Waals surface area contributed by atoms with E-state index < -0.39 is 67.7 Å². The maximum atomic E-state index is 14.0. The molecule has 1 aromatic carbocycles. The highest BCUT2D eigenvalue weighted by atomic mass is 79.9. The minimum absolute atomic E-state index is 0.0203. The van der Waals surface area contributed by atoms with E-state index in [-0.39, 0.29) is 17.5 Å². The number of carbonyl (C=O) groups excluding carboxylic acids is 1. The van der Waals surface area contributed by atoms with E-state index in [2.05, 4.69) is 26.0 Å². The first kappa shape index (κ1) is 29.2. The minimum Gasteiger partial charge on any atom is -0.462 e. The summed E-state index contributed by atoms with van der Waals surface area (Å²) in [6, 6.07) is 7.04. The van der Waals surface area contributed by atoms with Crippen LogP contribution in [0.4, 0.5) is 10.2 Å². The molecule has 204 valence electrons. The van der Waals surface area contributed by atoms with Crippen molar-refractivity contribution in [2.75, 3.05) is 17.7 Å². The Balaban J connectivity index is 1.83. The molecule has 0 bridgehead atoms. The lowest BCUT2D eigenvalue weighted by atomic mass is 10.0. The molecule has 1 aromatic heterocycles. The van der Waals surface area contributed by atoms with Gasteiger partial charge in [-0.15, -0.1) is 0 Å². The molecule has 37 heavy (non-hydrogen) atoms. The number of para-hydroxylation sites is 1. The van der Waals surface area contributed by atoms with Crippen molar-refractivity contribution in [2.24, 2.45) is 0 Å². The largest absolute Gasteiger partial charge is 0.462 e. The summed E-state index contributed by atoms with van der Waals surface area (Å²) in [5.74, 6) is -1.99. The molecule has 2 heterocycles. The Kier molecular flexibility index (Phi) is 9.48. The quantitative estimate of drug-likeness (QED) is 0.195. The number of nitrogens with zero attached hydrogens (tertiary/aromatic N) is 2. The van der Waals surface area contributed by atoms with Crippen LogP contribution in [-0.4, -0.2) is 56.4 Å². The van der Waals surface area contributed by atoms with E-state index in [1.807, 2.05) is 0 Å². The number of halogens is 2. The number of nitrogens with one attached hydrogen (secondary N) is 1. The molecule has 1 fully saturated rings. The maximum absolute atomic E-state index is 14.0. The van der Waals surface area contributed by atoms with Crippen molar-refractivity contribution in [2.45, 2.75) is 57.3 Å². The van der Waals surface area contributed by atoms with Crippen LogP contribution >= 0.6 is 23.7 Å². The maximum Gasteiger partial charge on any atom is 0.459 e. The zero-order chi connectivity index (χ0) is 27.4. The molecule has 1 aliphatic heterocycles. The lowest BCUT2D eigenvalue weighted by Gasteiger charge is -2.32. The van der Waals surface area contributed by atoms with Gasteiger partial charge in [0.25, 0.3) is 0 Å². The number of hydrogen-bond acceptors (Lipinski definition) is 10. The number of aromatic nitrogens is 2. The van der Waals surface area contributed by atoms with Crippen LogP contribution in [0.2, 0.25) is 0 Å². The molecule has 1 aliphatic rings. The van der Waals surface area contributed by atoms with Crippen LogP contribution in [0, 0.1) is 5.82 Å². The fourth-order valence-corrected chi connectivity index (χ4v) is 5.67. The molecule has 0 radical (unpaired) electrons. The Morgan fingerprint density at radius 1 is 1.41 bits per heavy atom. The number of carbonyl (C=O) groups is 1. The second-order valence-electron chi connectivity index (χ2n) is 8.70. The highest BCUT2D eigenvalue weighted by Crippen LogP contribution is 2.48. The predicted molar refractivity (Wildman–Crippen MR) is 135 cm³/mol. The number of anilines is 1. The first-order valence-corrected chi connectivity index (χ1v) is 14.0. The van der Waals surface area contributed by atoms with Crippen LogP contribution in [0.5, 0.6) is 5.75 Å². The lowest BCUT2D eigenvalue weighted by molar-refractivity contribution is -0.149. The lowest BCUT2D eigenvalue weighted by Crippen LogP contribution is -2.46. The summed E-state index contributed by atoms with van der Waals surface area (Å²) < 4.78 is 50.9. The van der Waals surface area contributed by atoms with E-state index >= 15 is 0 Å². The highest BCUT2D eigenvalue weighted by molar-refractivity contribution is 9.09. The number of rotatable bonds is 11. The molecule has 1 saturated heterocycles. The summed E-state index contributed by atoms with van der Waals surface area (Å²) in [6.07, 6.45) is -2.06. The van der Waals surface area contributed by atoms with E-state index in [0.29, 0.717) is 0 Å². The zero-order valence-electron chi connectivity index (χ0n) is 20.4. The minimum atomic E-state index is -4.27. The standard InChI is InChI=1S/C22H29BrFN4O8P/c1-13(2)34-20(30)14(3)27-37(32,36-15-7-5-4-6-8-15)33-12-22(11-23)17(29)9-18(35-22)28-10-16(24)19(25)26-21(28)31/h4-8,10,13-14,17-18,29H,9,11-12H2,1-3H3,(H,27,32)(H2,25,26,31)/t14-,17-,18+,22+,37?/m0/s1. The van der Waals surface area contributed by atoms with Gasteiger partial charge in [-0.3, -0.25) is 13.9 Å². The fraction of sp³-hybridized carbons (Fsp3) is 0.500. The first-order chi connectivity index (χ1) is 17.4. The van der Waals surface area contributed by atoms with Crippen LogP contribution in [0.3, 0.4) is 0 Å². The smallest absolute Gasteiger partial charge is 0.459 e. The van der Waals surface area contributed by atoms with E-state index in [1.54, 1.807) is 44.2 Å². The Hall–Kier alpha value is -2.35. The van der Waals surface area contributed by atoms with Gasteiger partial charge in [-0.1, -0.05) is 34.1 Å². The monoisotopic (exact) mass is 606 g/mol. The van der Waals surface area contributed by atoms with Crippen molar-refractivity contribution in [3.8, 4) is 5.75 Å². The summed E-state index contributed by atoms with van der Waals surface area (Å²) in [7, 11) is -4.27. The van der Waals surface area contributed by atoms with Gasteiger partial charge in [-0.05, 0) is 32.9 Å².